The number of carbonyl (C=O) groups is 2. The second-order valence-electron chi connectivity index (χ2n) is 14.2. The number of ether oxygens (including phenoxy) is 1. The Bertz CT molecular complexity index is 1940. The number of carboxylic acid groups (broad SMARTS) is 1. The molecule has 1 saturated carbocycles. The van der Waals surface area contributed by atoms with E-state index in [4.69, 9.17) is 19.6 Å². The molecule has 49 heavy (non-hydrogen) atoms. The highest BCUT2D eigenvalue weighted by molar-refractivity contribution is 6.12. The lowest BCUT2D eigenvalue weighted by atomic mass is 9.89. The van der Waals surface area contributed by atoms with Gasteiger partial charge in [-0.1, -0.05) is 24.3 Å². The zero-order valence-electron chi connectivity index (χ0n) is 27.1. The number of benzene rings is 3. The highest BCUT2D eigenvalue weighted by atomic mass is 19.1. The fraction of sp³-hybridized carbons (Fsp3) is 0.459. The van der Waals surface area contributed by atoms with E-state index in [1.54, 1.807) is 12.1 Å². The minimum absolute atomic E-state index is 0.00943. The van der Waals surface area contributed by atoms with Gasteiger partial charge in [0.05, 0.1) is 5.54 Å². The van der Waals surface area contributed by atoms with Crippen LogP contribution in [0.15, 0.2) is 42.5 Å². The van der Waals surface area contributed by atoms with Gasteiger partial charge in [-0.2, -0.15) is 9.97 Å². The Balaban J connectivity index is 0.00000112. The number of phenols is 1. The summed E-state index contributed by atoms with van der Waals surface area (Å²) in [7, 11) is 0. The van der Waals surface area contributed by atoms with Crippen molar-refractivity contribution in [1.29, 1.82) is 0 Å². The molecule has 5 heterocycles. The van der Waals surface area contributed by atoms with Crippen LogP contribution in [0.4, 0.5) is 14.6 Å². The molecule has 12 heteroatoms. The van der Waals surface area contributed by atoms with Crippen LogP contribution in [-0.4, -0.2) is 93.9 Å². The number of alkyl halides is 1. The zero-order chi connectivity index (χ0) is 33.9. The Labute approximate surface area is 282 Å². The number of anilines is 1. The van der Waals surface area contributed by atoms with E-state index in [1.807, 2.05) is 24.3 Å². The molecule has 3 aromatic carbocycles. The van der Waals surface area contributed by atoms with E-state index in [1.165, 1.54) is 6.07 Å². The number of Topliss-reactive ketones (excluding diaryl/α,β-unsaturated/α-hetero) is 1. The third-order valence-electron chi connectivity index (χ3n) is 11.0. The van der Waals surface area contributed by atoms with Crippen molar-refractivity contribution in [3.05, 3.63) is 53.8 Å². The topological polar surface area (TPSA) is 128 Å². The third-order valence-corrected chi connectivity index (χ3v) is 11.0. The molecule has 5 aliphatic rings. The molecule has 4 atom stereocenters. The molecular formula is C37H39F2N5O5. The Morgan fingerprint density at radius 1 is 1.06 bits per heavy atom. The van der Waals surface area contributed by atoms with E-state index in [-0.39, 0.29) is 47.6 Å². The number of nitrogens with zero attached hydrogens (tertiary/aromatic N) is 4. The van der Waals surface area contributed by atoms with Crippen LogP contribution in [0.3, 0.4) is 0 Å². The second kappa shape index (κ2) is 12.5. The number of hydrogen-bond donors (Lipinski definition) is 3. The molecule has 5 fully saturated rings. The summed E-state index contributed by atoms with van der Waals surface area (Å²) >= 11 is 0. The van der Waals surface area contributed by atoms with Gasteiger partial charge in [-0.3, -0.25) is 14.5 Å². The van der Waals surface area contributed by atoms with Gasteiger partial charge in [-0.05, 0) is 79.6 Å². The minimum atomic E-state index is -0.896. The van der Waals surface area contributed by atoms with E-state index in [2.05, 4.69) is 20.1 Å². The second-order valence-corrected chi connectivity index (χ2v) is 14.2. The summed E-state index contributed by atoms with van der Waals surface area (Å²) in [5.41, 5.74) is 0.555. The Kier molecular flexibility index (Phi) is 8.10. The highest BCUT2D eigenvalue weighted by Crippen LogP contribution is 2.45. The predicted octanol–water partition coefficient (Wildman–Crippen LogP) is 5.48. The molecule has 0 radical (unpaired) electrons. The standard InChI is InChI=1S/C36H37F2N5O3.CH2O2/c37-22-15-36(10-3-11-43(36)16-22)19-46-35-40-32-29(34(41-35)42-17-23-8-9-24(18-42)39-23)14-28(33(45)20-6-7-20)30(31(32)38)27-13-25(44)12-21-4-1-2-5-26(21)27;2-1-3/h1-2,4-5,12-14,20,22-24,39,44H,3,6-11,15-19H2;1H,(H,2,3)/t22-,23-,24+,36+;/m1./s1. The van der Waals surface area contributed by atoms with Gasteiger partial charge in [-0.15, -0.1) is 0 Å². The molecular weight excluding hydrogens is 632 g/mol. The van der Waals surface area contributed by atoms with Crippen molar-refractivity contribution in [1.82, 2.24) is 20.2 Å². The first kappa shape index (κ1) is 31.8. The molecule has 4 saturated heterocycles. The summed E-state index contributed by atoms with van der Waals surface area (Å²) in [4.78, 5) is 36.2. The van der Waals surface area contributed by atoms with Gasteiger partial charge in [-0.25, -0.2) is 8.78 Å². The van der Waals surface area contributed by atoms with Gasteiger partial charge in [0.15, 0.2) is 11.6 Å². The first-order valence-electron chi connectivity index (χ1n) is 17.2. The summed E-state index contributed by atoms with van der Waals surface area (Å²) in [6.45, 7) is 2.63. The molecule has 0 amide bonds. The van der Waals surface area contributed by atoms with Crippen molar-refractivity contribution >= 4 is 39.7 Å². The summed E-state index contributed by atoms with van der Waals surface area (Å²) < 4.78 is 38.2. The molecule has 4 aromatic rings. The summed E-state index contributed by atoms with van der Waals surface area (Å²) in [5, 5.41) is 23.2. The van der Waals surface area contributed by atoms with Crippen molar-refractivity contribution in [3.63, 3.8) is 0 Å². The maximum atomic E-state index is 17.3. The molecule has 9 rings (SSSR count). The van der Waals surface area contributed by atoms with Gasteiger partial charge >= 0.3 is 6.01 Å². The van der Waals surface area contributed by atoms with Gasteiger partial charge in [0.1, 0.15) is 29.9 Å². The van der Waals surface area contributed by atoms with Crippen LogP contribution in [0, 0.1) is 11.7 Å². The van der Waals surface area contributed by atoms with E-state index < -0.39 is 17.5 Å². The quantitative estimate of drug-likeness (QED) is 0.172. The smallest absolute Gasteiger partial charge is 0.319 e. The molecule has 256 valence electrons. The highest BCUT2D eigenvalue weighted by Gasteiger charge is 2.49. The zero-order valence-corrected chi connectivity index (χ0v) is 27.1. The van der Waals surface area contributed by atoms with Gasteiger partial charge in [0.2, 0.25) is 0 Å². The maximum Gasteiger partial charge on any atom is 0.319 e. The summed E-state index contributed by atoms with van der Waals surface area (Å²) in [6.07, 6.45) is 5.00. The lowest BCUT2D eigenvalue weighted by molar-refractivity contribution is -0.122. The van der Waals surface area contributed by atoms with Crippen LogP contribution in [0.5, 0.6) is 11.8 Å². The van der Waals surface area contributed by atoms with Crippen LogP contribution in [0.25, 0.3) is 32.8 Å². The van der Waals surface area contributed by atoms with Crippen LogP contribution < -0.4 is 15.0 Å². The number of aromatic nitrogens is 2. The third kappa shape index (κ3) is 5.74. The van der Waals surface area contributed by atoms with E-state index >= 15 is 4.39 Å². The first-order valence-corrected chi connectivity index (χ1v) is 17.2. The van der Waals surface area contributed by atoms with Gasteiger partial charge in [0.25, 0.3) is 6.47 Å². The van der Waals surface area contributed by atoms with Crippen LogP contribution >= 0.6 is 0 Å². The number of rotatable bonds is 7. The van der Waals surface area contributed by atoms with Crippen molar-refractivity contribution in [2.45, 2.75) is 68.7 Å². The fourth-order valence-electron chi connectivity index (χ4n) is 8.64. The summed E-state index contributed by atoms with van der Waals surface area (Å²) in [6, 6.07) is 13.1. The van der Waals surface area contributed by atoms with Crippen molar-refractivity contribution in [3.8, 4) is 22.9 Å². The van der Waals surface area contributed by atoms with E-state index in [9.17, 15) is 14.3 Å². The maximum absolute atomic E-state index is 17.3. The Morgan fingerprint density at radius 2 is 1.82 bits per heavy atom. The number of carbonyl (C=O) groups excluding carboxylic acids is 1. The average molecular weight is 672 g/mol. The number of halogens is 2. The number of hydrogen-bond acceptors (Lipinski definition) is 9. The predicted molar refractivity (Wildman–Crippen MR) is 181 cm³/mol. The minimum Gasteiger partial charge on any atom is -0.508 e. The SMILES string of the molecule is O=C(c1cc2c(N3C[C@H]4CC[C@@H](C3)N4)nc(OC[C@@]34CCCN3C[C@H](F)C4)nc2c(F)c1-c1cc(O)cc2ccccc12)C1CC1.O=CO. The Morgan fingerprint density at radius 3 is 2.57 bits per heavy atom. The molecule has 1 aromatic heterocycles. The first-order chi connectivity index (χ1) is 23.8. The molecule has 2 bridgehead atoms. The molecule has 4 aliphatic heterocycles. The molecule has 1 aliphatic carbocycles. The molecule has 3 N–H and O–H groups in total. The van der Waals surface area contributed by atoms with E-state index in [0.29, 0.717) is 60.5 Å². The lowest BCUT2D eigenvalue weighted by Gasteiger charge is -2.35. The number of phenolic OH excluding ortho intramolecular Hbond substituents is 1. The van der Waals surface area contributed by atoms with Crippen molar-refractivity contribution in [2.24, 2.45) is 5.92 Å². The number of ketones is 1. The van der Waals surface area contributed by atoms with Crippen molar-refractivity contribution < 1.29 is 33.3 Å². The monoisotopic (exact) mass is 671 g/mol. The number of fused-ring (bicyclic) bond motifs is 5. The molecule has 10 nitrogen and oxygen atoms in total. The van der Waals surface area contributed by atoms with E-state index in [0.717, 1.165) is 55.8 Å². The van der Waals surface area contributed by atoms with Crippen LogP contribution in [0.1, 0.15) is 55.3 Å². The van der Waals surface area contributed by atoms with Gasteiger partial charge < -0.3 is 25.2 Å². The van der Waals surface area contributed by atoms with Crippen LogP contribution in [0.2, 0.25) is 0 Å². The number of nitrogens with one attached hydrogen (secondary N) is 1. The lowest BCUT2D eigenvalue weighted by Crippen LogP contribution is -2.51. The fourth-order valence-corrected chi connectivity index (χ4v) is 8.64. The average Bonchev–Trinajstić information content (AvgIpc) is 3.69. The Hall–Kier alpha value is -4.42. The van der Waals surface area contributed by atoms with Crippen molar-refractivity contribution in [2.75, 3.05) is 37.7 Å². The summed E-state index contributed by atoms with van der Waals surface area (Å²) in [5.74, 6) is -0.332. The largest absolute Gasteiger partial charge is 0.508 e. The van der Waals surface area contributed by atoms with Crippen LogP contribution in [-0.2, 0) is 4.79 Å². The molecule has 0 spiro atoms. The molecule has 0 unspecified atom stereocenters. The normalized spacial score (nSPS) is 26.1. The van der Waals surface area contributed by atoms with Gasteiger partial charge in [0, 0.05) is 60.6 Å². The number of aromatic hydroxyl groups is 1. The number of piperazine rings is 1.